The number of non-ortho nitro benzene ring substituents is 1. The smallest absolute Gasteiger partial charge is 0.269 e. The highest BCUT2D eigenvalue weighted by molar-refractivity contribution is 9.11. The van der Waals surface area contributed by atoms with Crippen LogP contribution in [0.5, 0.6) is 0 Å². The van der Waals surface area contributed by atoms with E-state index < -0.39 is 24.5 Å². The summed E-state index contributed by atoms with van der Waals surface area (Å²) in [6.07, 6.45) is -1.26. The number of nitrogens with zero attached hydrogens (tertiary/aromatic N) is 1. The topological polar surface area (TPSA) is 97.5 Å². The van der Waals surface area contributed by atoms with Gasteiger partial charge in [0.1, 0.15) is 6.10 Å². The first-order valence-electron chi connectivity index (χ1n) is 6.03. The second kappa shape index (κ2) is 6.19. The number of hydrogen-bond acceptors (Lipinski definition) is 5. The van der Waals surface area contributed by atoms with Crippen LogP contribution in [-0.2, 0) is 9.84 Å². The molecule has 20 heavy (non-hydrogen) atoms. The molecule has 1 aromatic rings. The Bertz CT molecular complexity index is 604. The standard InChI is InChI=1S/C12H16BrNO5S/c1-3-12(13,20(18,19)4-2)11(15)9-6-5-7-10(8-9)14(16)17/h5-8,11,15H,3-4H2,1-2H3/t11-,12-/m0/s1. The predicted octanol–water partition coefficient (Wildman–Crippen LogP) is 2.56. The van der Waals surface area contributed by atoms with E-state index in [1.165, 1.54) is 31.2 Å². The Morgan fingerprint density at radius 2 is 2.05 bits per heavy atom. The van der Waals surface area contributed by atoms with Crippen molar-refractivity contribution in [2.75, 3.05) is 5.75 Å². The highest BCUT2D eigenvalue weighted by atomic mass is 79.9. The van der Waals surface area contributed by atoms with Crippen molar-refractivity contribution in [2.24, 2.45) is 0 Å². The lowest BCUT2D eigenvalue weighted by atomic mass is 10.0. The van der Waals surface area contributed by atoms with E-state index >= 15 is 0 Å². The van der Waals surface area contributed by atoms with Crippen molar-refractivity contribution in [1.29, 1.82) is 0 Å². The van der Waals surface area contributed by atoms with Gasteiger partial charge in [0.25, 0.3) is 5.69 Å². The first-order valence-corrected chi connectivity index (χ1v) is 8.47. The van der Waals surface area contributed by atoms with Crippen LogP contribution in [0.2, 0.25) is 0 Å². The molecule has 1 N–H and O–H groups in total. The van der Waals surface area contributed by atoms with Crippen molar-refractivity contribution >= 4 is 31.5 Å². The van der Waals surface area contributed by atoms with E-state index in [4.69, 9.17) is 0 Å². The van der Waals surface area contributed by atoms with Crippen LogP contribution in [0.25, 0.3) is 0 Å². The molecule has 0 radical (unpaired) electrons. The minimum absolute atomic E-state index is 0.132. The number of rotatable bonds is 6. The summed E-state index contributed by atoms with van der Waals surface area (Å²) in [6, 6.07) is 5.35. The molecule has 0 aromatic heterocycles. The Morgan fingerprint density at radius 1 is 1.45 bits per heavy atom. The zero-order valence-electron chi connectivity index (χ0n) is 11.1. The van der Waals surface area contributed by atoms with Crippen molar-refractivity contribution in [3.8, 4) is 0 Å². The van der Waals surface area contributed by atoms with Crippen molar-refractivity contribution in [3.05, 3.63) is 39.9 Å². The number of halogens is 1. The summed E-state index contributed by atoms with van der Waals surface area (Å²) in [4.78, 5) is 10.2. The lowest BCUT2D eigenvalue weighted by molar-refractivity contribution is -0.385. The third-order valence-corrected chi connectivity index (χ3v) is 7.96. The molecule has 0 bridgehead atoms. The van der Waals surface area contributed by atoms with Gasteiger partial charge in [-0.15, -0.1) is 0 Å². The fourth-order valence-corrected chi connectivity index (χ4v) is 4.23. The highest BCUT2D eigenvalue weighted by Crippen LogP contribution is 2.42. The van der Waals surface area contributed by atoms with Crippen LogP contribution in [0.15, 0.2) is 24.3 Å². The van der Waals surface area contributed by atoms with E-state index in [2.05, 4.69) is 15.9 Å². The van der Waals surface area contributed by atoms with Crippen molar-refractivity contribution in [3.63, 3.8) is 0 Å². The number of nitro groups is 1. The van der Waals surface area contributed by atoms with E-state index in [0.29, 0.717) is 0 Å². The third-order valence-electron chi connectivity index (χ3n) is 3.18. The lowest BCUT2D eigenvalue weighted by Crippen LogP contribution is -2.39. The maximum absolute atomic E-state index is 12.1. The SMILES string of the molecule is CC[C@@](Br)([C@@H](O)c1cccc([N+](=O)[O-])c1)S(=O)(=O)CC. The van der Waals surface area contributed by atoms with E-state index in [1.807, 2.05) is 0 Å². The average molecular weight is 366 g/mol. The molecule has 0 aliphatic carbocycles. The summed E-state index contributed by atoms with van der Waals surface area (Å²) in [5.74, 6) is -0.141. The summed E-state index contributed by atoms with van der Waals surface area (Å²) in [6.45, 7) is 3.11. The van der Waals surface area contributed by atoms with Gasteiger partial charge in [0, 0.05) is 17.9 Å². The number of aliphatic hydroxyl groups is 1. The third kappa shape index (κ3) is 3.02. The molecular formula is C12H16BrNO5S. The fraction of sp³-hybridized carbons (Fsp3) is 0.500. The number of nitro benzene ring substituents is 1. The van der Waals surface area contributed by atoms with Crippen LogP contribution < -0.4 is 0 Å². The summed E-state index contributed by atoms with van der Waals surface area (Å²) < 4.78 is 22.7. The largest absolute Gasteiger partial charge is 0.386 e. The molecule has 0 aliphatic rings. The second-order valence-corrected chi connectivity index (χ2v) is 8.77. The molecule has 6 nitrogen and oxygen atoms in total. The molecule has 0 aliphatic heterocycles. The van der Waals surface area contributed by atoms with E-state index in [1.54, 1.807) is 6.92 Å². The molecule has 1 aromatic carbocycles. The summed E-state index contributed by atoms with van der Waals surface area (Å²) in [5, 5.41) is 21.1. The Morgan fingerprint density at radius 3 is 2.50 bits per heavy atom. The Balaban J connectivity index is 3.31. The highest BCUT2D eigenvalue weighted by Gasteiger charge is 2.46. The first-order chi connectivity index (χ1) is 9.19. The number of benzene rings is 1. The molecule has 0 saturated heterocycles. The second-order valence-electron chi connectivity index (χ2n) is 4.30. The maximum atomic E-state index is 12.1. The van der Waals surface area contributed by atoms with E-state index in [9.17, 15) is 23.6 Å². The number of aliphatic hydroxyl groups excluding tert-OH is 1. The van der Waals surface area contributed by atoms with Crippen LogP contribution in [0.4, 0.5) is 5.69 Å². The molecule has 1 rings (SSSR count). The van der Waals surface area contributed by atoms with Crippen LogP contribution in [0.3, 0.4) is 0 Å². The molecule has 112 valence electrons. The Hall–Kier alpha value is -0.990. The van der Waals surface area contributed by atoms with Crippen LogP contribution in [0, 0.1) is 10.1 Å². The summed E-state index contributed by atoms with van der Waals surface area (Å²) >= 11 is 3.12. The molecule has 0 fully saturated rings. The quantitative estimate of drug-likeness (QED) is 0.474. The Kier molecular flexibility index (Phi) is 5.28. The molecule has 2 atom stereocenters. The molecule has 0 heterocycles. The average Bonchev–Trinajstić information content (AvgIpc) is 2.45. The van der Waals surface area contributed by atoms with Crippen molar-refractivity contribution in [2.45, 2.75) is 30.0 Å². The van der Waals surface area contributed by atoms with Gasteiger partial charge in [-0.3, -0.25) is 10.1 Å². The normalized spacial score (nSPS) is 16.4. The molecule has 0 amide bonds. The van der Waals surface area contributed by atoms with E-state index in [0.717, 1.165) is 0 Å². The van der Waals surface area contributed by atoms with E-state index in [-0.39, 0.29) is 23.4 Å². The summed E-state index contributed by atoms with van der Waals surface area (Å²) in [7, 11) is -3.59. The zero-order valence-corrected chi connectivity index (χ0v) is 13.5. The van der Waals surface area contributed by atoms with Gasteiger partial charge in [0.05, 0.1) is 4.92 Å². The lowest BCUT2D eigenvalue weighted by Gasteiger charge is -2.31. The number of hydrogen-bond donors (Lipinski definition) is 1. The minimum Gasteiger partial charge on any atom is -0.386 e. The zero-order chi connectivity index (χ0) is 15.6. The van der Waals surface area contributed by atoms with Crippen LogP contribution >= 0.6 is 15.9 Å². The van der Waals surface area contributed by atoms with Crippen molar-refractivity contribution < 1.29 is 18.4 Å². The van der Waals surface area contributed by atoms with Crippen molar-refractivity contribution in [1.82, 2.24) is 0 Å². The fourth-order valence-electron chi connectivity index (χ4n) is 1.88. The van der Waals surface area contributed by atoms with Gasteiger partial charge in [-0.25, -0.2) is 8.42 Å². The Labute approximate surface area is 126 Å². The number of sulfone groups is 1. The molecule has 8 heteroatoms. The van der Waals surface area contributed by atoms with Gasteiger partial charge >= 0.3 is 0 Å². The minimum atomic E-state index is -3.59. The molecule has 0 unspecified atom stereocenters. The van der Waals surface area contributed by atoms with Gasteiger partial charge in [-0.2, -0.15) is 0 Å². The molecule has 0 spiro atoms. The van der Waals surface area contributed by atoms with Gasteiger partial charge in [-0.05, 0) is 12.0 Å². The van der Waals surface area contributed by atoms with Gasteiger partial charge < -0.3 is 5.11 Å². The molecular weight excluding hydrogens is 350 g/mol. The van der Waals surface area contributed by atoms with Gasteiger partial charge in [0.2, 0.25) is 0 Å². The summed E-state index contributed by atoms with van der Waals surface area (Å²) in [5.41, 5.74) is -0.00338. The van der Waals surface area contributed by atoms with Gasteiger partial charge in [0.15, 0.2) is 13.5 Å². The van der Waals surface area contributed by atoms with Gasteiger partial charge in [-0.1, -0.05) is 41.9 Å². The first kappa shape index (κ1) is 17.1. The van der Waals surface area contributed by atoms with Crippen LogP contribution in [0.1, 0.15) is 31.9 Å². The monoisotopic (exact) mass is 365 g/mol. The maximum Gasteiger partial charge on any atom is 0.269 e. The predicted molar refractivity (Wildman–Crippen MR) is 79.5 cm³/mol. The molecule has 0 saturated carbocycles. The van der Waals surface area contributed by atoms with Crippen LogP contribution in [-0.4, -0.2) is 27.9 Å². The number of alkyl halides is 1.